The fourth-order valence-electron chi connectivity index (χ4n) is 1.94. The molecule has 23 heavy (non-hydrogen) atoms. The first-order valence-corrected chi connectivity index (χ1v) is 8.19. The molecule has 1 unspecified atom stereocenters. The first-order chi connectivity index (χ1) is 11.0. The number of aryl methyl sites for hydroxylation is 1. The van der Waals surface area contributed by atoms with Crippen LogP contribution in [-0.2, 0) is 16.0 Å². The fraction of sp³-hybridized carbons (Fsp3) is 0.294. The highest BCUT2D eigenvalue weighted by Gasteiger charge is 2.16. The number of carbonyl (C=O) groups is 2. The minimum absolute atomic E-state index is 0.240. The second-order valence-electron chi connectivity index (χ2n) is 5.25. The SMILES string of the molecule is Cc1cccc(OC(C)C(=O)NNC(=O)Cc2cccs2)c1C. The lowest BCUT2D eigenvalue weighted by molar-refractivity contribution is -0.132. The molecule has 122 valence electrons. The van der Waals surface area contributed by atoms with Gasteiger partial charge in [-0.15, -0.1) is 11.3 Å². The molecular weight excluding hydrogens is 312 g/mol. The molecule has 1 heterocycles. The second-order valence-corrected chi connectivity index (χ2v) is 6.28. The van der Waals surface area contributed by atoms with Gasteiger partial charge in [0.15, 0.2) is 6.10 Å². The molecule has 0 bridgehead atoms. The maximum Gasteiger partial charge on any atom is 0.279 e. The Morgan fingerprint density at radius 2 is 1.96 bits per heavy atom. The summed E-state index contributed by atoms with van der Waals surface area (Å²) in [7, 11) is 0. The van der Waals surface area contributed by atoms with E-state index in [2.05, 4.69) is 10.9 Å². The van der Waals surface area contributed by atoms with Crippen molar-refractivity contribution < 1.29 is 14.3 Å². The van der Waals surface area contributed by atoms with Crippen LogP contribution in [0.5, 0.6) is 5.75 Å². The number of thiophene rings is 1. The predicted octanol–water partition coefficient (Wildman–Crippen LogP) is 2.52. The lowest BCUT2D eigenvalue weighted by atomic mass is 10.1. The van der Waals surface area contributed by atoms with Gasteiger partial charge in [-0.25, -0.2) is 0 Å². The summed E-state index contributed by atoms with van der Waals surface area (Å²) in [6, 6.07) is 9.44. The molecule has 0 saturated heterocycles. The van der Waals surface area contributed by atoms with Crippen LogP contribution in [-0.4, -0.2) is 17.9 Å². The molecule has 1 aromatic heterocycles. The van der Waals surface area contributed by atoms with Gasteiger partial charge >= 0.3 is 0 Å². The molecule has 0 aliphatic heterocycles. The molecule has 6 heteroatoms. The van der Waals surface area contributed by atoms with E-state index >= 15 is 0 Å². The average molecular weight is 332 g/mol. The highest BCUT2D eigenvalue weighted by molar-refractivity contribution is 7.10. The molecule has 2 rings (SSSR count). The maximum absolute atomic E-state index is 12.0. The molecule has 0 spiro atoms. The number of nitrogens with one attached hydrogen (secondary N) is 2. The Morgan fingerprint density at radius 3 is 2.65 bits per heavy atom. The maximum atomic E-state index is 12.0. The van der Waals surface area contributed by atoms with Gasteiger partial charge in [-0.1, -0.05) is 18.2 Å². The molecule has 5 nitrogen and oxygen atoms in total. The highest BCUT2D eigenvalue weighted by Crippen LogP contribution is 2.21. The number of ether oxygens (including phenoxy) is 1. The van der Waals surface area contributed by atoms with Crippen molar-refractivity contribution in [3.05, 3.63) is 51.7 Å². The van der Waals surface area contributed by atoms with Crippen molar-refractivity contribution in [2.45, 2.75) is 33.3 Å². The van der Waals surface area contributed by atoms with Crippen LogP contribution < -0.4 is 15.6 Å². The third-order valence-electron chi connectivity index (χ3n) is 3.47. The van der Waals surface area contributed by atoms with E-state index in [0.717, 1.165) is 16.0 Å². The van der Waals surface area contributed by atoms with Crippen molar-refractivity contribution in [1.29, 1.82) is 0 Å². The van der Waals surface area contributed by atoms with E-state index in [1.54, 1.807) is 6.92 Å². The fourth-order valence-corrected chi connectivity index (χ4v) is 2.65. The van der Waals surface area contributed by atoms with E-state index in [1.165, 1.54) is 11.3 Å². The van der Waals surface area contributed by atoms with E-state index in [4.69, 9.17) is 4.74 Å². The number of rotatable bonds is 5. The van der Waals surface area contributed by atoms with Crippen LogP contribution in [0.1, 0.15) is 22.9 Å². The van der Waals surface area contributed by atoms with Crippen LogP contribution in [0.25, 0.3) is 0 Å². The monoisotopic (exact) mass is 332 g/mol. The number of hydrogen-bond donors (Lipinski definition) is 2. The van der Waals surface area contributed by atoms with Crippen LogP contribution >= 0.6 is 11.3 Å². The topological polar surface area (TPSA) is 67.4 Å². The number of hydrogen-bond acceptors (Lipinski definition) is 4. The molecule has 0 aliphatic rings. The van der Waals surface area contributed by atoms with E-state index < -0.39 is 12.0 Å². The third-order valence-corrected chi connectivity index (χ3v) is 4.34. The Balaban J connectivity index is 1.83. The second kappa shape index (κ2) is 7.78. The van der Waals surface area contributed by atoms with Gasteiger partial charge in [0, 0.05) is 4.88 Å². The van der Waals surface area contributed by atoms with E-state index in [0.29, 0.717) is 5.75 Å². The molecule has 0 saturated carbocycles. The van der Waals surface area contributed by atoms with Crippen LogP contribution in [0.2, 0.25) is 0 Å². The average Bonchev–Trinajstić information content (AvgIpc) is 3.02. The number of benzene rings is 1. The summed E-state index contributed by atoms with van der Waals surface area (Å²) >= 11 is 1.50. The lowest BCUT2D eigenvalue weighted by Gasteiger charge is -2.17. The Kier molecular flexibility index (Phi) is 5.76. The van der Waals surface area contributed by atoms with Crippen molar-refractivity contribution in [3.8, 4) is 5.75 Å². The standard InChI is InChI=1S/C17H20N2O3S/c1-11-6-4-8-15(12(11)2)22-13(3)17(21)19-18-16(20)10-14-7-5-9-23-14/h4-9,13H,10H2,1-3H3,(H,18,20)(H,19,21). The van der Waals surface area contributed by atoms with Crippen LogP contribution in [0.4, 0.5) is 0 Å². The first kappa shape index (κ1) is 17.0. The minimum atomic E-state index is -0.711. The molecule has 2 N–H and O–H groups in total. The van der Waals surface area contributed by atoms with Crippen molar-refractivity contribution in [3.63, 3.8) is 0 Å². The molecule has 1 atom stereocenters. The normalized spacial score (nSPS) is 11.6. The van der Waals surface area contributed by atoms with Gasteiger partial charge in [-0.05, 0) is 49.4 Å². The summed E-state index contributed by atoms with van der Waals surface area (Å²) in [4.78, 5) is 24.7. The summed E-state index contributed by atoms with van der Waals surface area (Å²) in [5.74, 6) is 0.00253. The van der Waals surface area contributed by atoms with Gasteiger partial charge in [-0.2, -0.15) is 0 Å². The Bertz CT molecular complexity index is 683. The van der Waals surface area contributed by atoms with Crippen molar-refractivity contribution in [1.82, 2.24) is 10.9 Å². The summed E-state index contributed by atoms with van der Waals surface area (Å²) < 4.78 is 5.66. The van der Waals surface area contributed by atoms with Gasteiger partial charge in [-0.3, -0.25) is 20.4 Å². The smallest absolute Gasteiger partial charge is 0.279 e. The Morgan fingerprint density at radius 1 is 1.17 bits per heavy atom. The molecule has 2 aromatic rings. The van der Waals surface area contributed by atoms with Crippen LogP contribution in [0.15, 0.2) is 35.7 Å². The Labute approximate surface area is 139 Å². The quantitative estimate of drug-likeness (QED) is 0.827. The van der Waals surface area contributed by atoms with Crippen molar-refractivity contribution in [2.75, 3.05) is 0 Å². The highest BCUT2D eigenvalue weighted by atomic mass is 32.1. The van der Waals surface area contributed by atoms with Gasteiger partial charge in [0.2, 0.25) is 5.91 Å². The summed E-state index contributed by atoms with van der Waals surface area (Å²) in [5.41, 5.74) is 6.88. The van der Waals surface area contributed by atoms with Crippen LogP contribution in [0, 0.1) is 13.8 Å². The van der Waals surface area contributed by atoms with Crippen molar-refractivity contribution >= 4 is 23.2 Å². The van der Waals surface area contributed by atoms with Crippen LogP contribution in [0.3, 0.4) is 0 Å². The molecule has 0 radical (unpaired) electrons. The first-order valence-electron chi connectivity index (χ1n) is 7.31. The van der Waals surface area contributed by atoms with E-state index in [9.17, 15) is 9.59 Å². The molecule has 0 aliphatic carbocycles. The largest absolute Gasteiger partial charge is 0.481 e. The number of carbonyl (C=O) groups excluding carboxylic acids is 2. The molecular formula is C17H20N2O3S. The van der Waals surface area contributed by atoms with E-state index in [-0.39, 0.29) is 12.3 Å². The van der Waals surface area contributed by atoms with Gasteiger partial charge in [0.1, 0.15) is 5.75 Å². The molecule has 1 aromatic carbocycles. The van der Waals surface area contributed by atoms with Gasteiger partial charge < -0.3 is 4.74 Å². The Hall–Kier alpha value is -2.34. The summed E-state index contributed by atoms with van der Waals surface area (Å²) in [6.07, 6.45) is -0.470. The lowest BCUT2D eigenvalue weighted by Crippen LogP contribution is -2.47. The minimum Gasteiger partial charge on any atom is -0.481 e. The zero-order chi connectivity index (χ0) is 16.8. The van der Waals surface area contributed by atoms with Gasteiger partial charge in [0.05, 0.1) is 6.42 Å². The number of hydrazine groups is 1. The molecule has 0 fully saturated rings. The number of amides is 2. The zero-order valence-corrected chi connectivity index (χ0v) is 14.2. The van der Waals surface area contributed by atoms with Crippen molar-refractivity contribution in [2.24, 2.45) is 0 Å². The molecule has 2 amide bonds. The predicted molar refractivity (Wildman–Crippen MR) is 90.3 cm³/mol. The zero-order valence-electron chi connectivity index (χ0n) is 13.4. The van der Waals surface area contributed by atoms with E-state index in [1.807, 2.05) is 49.6 Å². The third kappa shape index (κ3) is 4.82. The summed E-state index contributed by atoms with van der Waals surface area (Å²) in [5, 5.41) is 1.90. The summed E-state index contributed by atoms with van der Waals surface area (Å²) in [6.45, 7) is 5.57. The van der Waals surface area contributed by atoms with Gasteiger partial charge in [0.25, 0.3) is 5.91 Å².